The molecule has 2 aromatic rings. The van der Waals surface area contributed by atoms with Crippen LogP contribution >= 0.6 is 0 Å². The maximum atomic E-state index is 12.8. The molecule has 1 saturated heterocycles. The van der Waals surface area contributed by atoms with Crippen LogP contribution in [-0.2, 0) is 4.74 Å². The van der Waals surface area contributed by atoms with E-state index in [1.165, 1.54) is 0 Å². The minimum atomic E-state index is -0.0560. The molecule has 0 saturated carbocycles. The Morgan fingerprint density at radius 2 is 2.04 bits per heavy atom. The van der Waals surface area contributed by atoms with Gasteiger partial charge in [0.05, 0.1) is 18.9 Å². The normalized spacial score (nSPS) is 17.2. The van der Waals surface area contributed by atoms with Crippen LogP contribution in [0.1, 0.15) is 28.8 Å². The highest BCUT2D eigenvalue weighted by atomic mass is 16.5. The Morgan fingerprint density at radius 3 is 2.75 bits per heavy atom. The first kappa shape index (κ1) is 16.9. The van der Waals surface area contributed by atoms with Crippen molar-refractivity contribution >= 4 is 11.6 Å². The zero-order valence-electron chi connectivity index (χ0n) is 14.8. The van der Waals surface area contributed by atoms with Crippen molar-refractivity contribution in [2.24, 2.45) is 0 Å². The standard InChI is InChI=1S/C17H25N5O2/c1-12-9-16-18-15(10-13(2)22(16)19-12)17(23)20(4)11-14(3)21-5-7-24-8-6-21/h9-10,14H,5-8,11H2,1-4H3. The summed E-state index contributed by atoms with van der Waals surface area (Å²) >= 11 is 0. The minimum absolute atomic E-state index is 0.0560. The van der Waals surface area contributed by atoms with Gasteiger partial charge >= 0.3 is 0 Å². The van der Waals surface area contributed by atoms with Gasteiger partial charge in [0.25, 0.3) is 5.91 Å². The van der Waals surface area contributed by atoms with Gasteiger partial charge in [-0.25, -0.2) is 9.50 Å². The fourth-order valence-corrected chi connectivity index (χ4v) is 3.16. The fraction of sp³-hybridized carbons (Fsp3) is 0.588. The summed E-state index contributed by atoms with van der Waals surface area (Å²) < 4.78 is 7.15. The third-order valence-corrected chi connectivity index (χ3v) is 4.50. The van der Waals surface area contributed by atoms with Gasteiger partial charge in [-0.3, -0.25) is 9.69 Å². The van der Waals surface area contributed by atoms with E-state index in [9.17, 15) is 4.79 Å². The lowest BCUT2D eigenvalue weighted by Crippen LogP contribution is -2.47. The Balaban J connectivity index is 1.73. The minimum Gasteiger partial charge on any atom is -0.379 e. The van der Waals surface area contributed by atoms with Crippen LogP contribution < -0.4 is 0 Å². The molecule has 1 fully saturated rings. The number of carbonyl (C=O) groups is 1. The van der Waals surface area contributed by atoms with Crippen molar-refractivity contribution in [1.82, 2.24) is 24.4 Å². The highest BCUT2D eigenvalue weighted by molar-refractivity contribution is 5.92. The van der Waals surface area contributed by atoms with Crippen molar-refractivity contribution in [2.75, 3.05) is 39.9 Å². The summed E-state index contributed by atoms with van der Waals surface area (Å²) in [6.07, 6.45) is 0. The molecule has 0 spiro atoms. The molecule has 7 nitrogen and oxygen atoms in total. The highest BCUT2D eigenvalue weighted by Crippen LogP contribution is 2.12. The van der Waals surface area contributed by atoms with Crippen molar-refractivity contribution in [3.63, 3.8) is 0 Å². The SMILES string of the molecule is Cc1cc2nc(C(=O)N(C)CC(C)N3CCOCC3)cc(C)n2n1. The predicted molar refractivity (Wildman–Crippen MR) is 91.3 cm³/mol. The van der Waals surface area contributed by atoms with Crippen LogP contribution in [0, 0.1) is 13.8 Å². The first-order valence-corrected chi connectivity index (χ1v) is 8.37. The Bertz CT molecular complexity index is 736. The van der Waals surface area contributed by atoms with E-state index in [0.29, 0.717) is 23.9 Å². The van der Waals surface area contributed by atoms with Crippen LogP contribution in [0.15, 0.2) is 12.1 Å². The molecule has 3 rings (SSSR count). The summed E-state index contributed by atoms with van der Waals surface area (Å²) in [6.45, 7) is 10.0. The monoisotopic (exact) mass is 331 g/mol. The number of morpholine rings is 1. The number of hydrogen-bond donors (Lipinski definition) is 0. The van der Waals surface area contributed by atoms with E-state index in [4.69, 9.17) is 4.74 Å². The molecular formula is C17H25N5O2. The van der Waals surface area contributed by atoms with Crippen LogP contribution in [0.5, 0.6) is 0 Å². The number of ether oxygens (including phenoxy) is 1. The molecule has 0 bridgehead atoms. The lowest BCUT2D eigenvalue weighted by molar-refractivity contribution is 0.0142. The molecule has 0 radical (unpaired) electrons. The van der Waals surface area contributed by atoms with Gasteiger partial charge in [-0.1, -0.05) is 0 Å². The number of rotatable bonds is 4. The topological polar surface area (TPSA) is 63.0 Å². The predicted octanol–water partition coefficient (Wildman–Crippen LogP) is 1.14. The van der Waals surface area contributed by atoms with Gasteiger partial charge in [0.2, 0.25) is 0 Å². The second-order valence-corrected chi connectivity index (χ2v) is 6.52. The second kappa shape index (κ2) is 6.86. The average Bonchev–Trinajstić information content (AvgIpc) is 2.95. The number of amides is 1. The lowest BCUT2D eigenvalue weighted by atomic mass is 10.2. The number of hydrogen-bond acceptors (Lipinski definition) is 5. The van der Waals surface area contributed by atoms with Gasteiger partial charge in [-0.15, -0.1) is 0 Å². The van der Waals surface area contributed by atoms with Gasteiger partial charge in [0.1, 0.15) is 5.69 Å². The molecule has 1 aliphatic heterocycles. The second-order valence-electron chi connectivity index (χ2n) is 6.52. The fourth-order valence-electron chi connectivity index (χ4n) is 3.16. The largest absolute Gasteiger partial charge is 0.379 e. The Morgan fingerprint density at radius 1 is 1.33 bits per heavy atom. The van der Waals surface area contributed by atoms with Crippen molar-refractivity contribution in [3.8, 4) is 0 Å². The van der Waals surface area contributed by atoms with Gasteiger partial charge < -0.3 is 9.64 Å². The first-order valence-electron chi connectivity index (χ1n) is 8.37. The number of aryl methyl sites for hydroxylation is 2. The third-order valence-electron chi connectivity index (χ3n) is 4.50. The van der Waals surface area contributed by atoms with E-state index in [1.54, 1.807) is 15.5 Å². The Hall–Kier alpha value is -1.99. The van der Waals surface area contributed by atoms with Crippen molar-refractivity contribution in [3.05, 3.63) is 29.2 Å². The van der Waals surface area contributed by atoms with Crippen LogP contribution in [-0.4, -0.2) is 76.2 Å². The third kappa shape index (κ3) is 3.42. The molecule has 130 valence electrons. The summed E-state index contributed by atoms with van der Waals surface area (Å²) in [4.78, 5) is 21.3. The molecule has 2 aromatic heterocycles. The van der Waals surface area contributed by atoms with Crippen LogP contribution in [0.25, 0.3) is 5.65 Å². The van der Waals surface area contributed by atoms with Gasteiger partial charge in [-0.05, 0) is 26.8 Å². The molecule has 7 heteroatoms. The molecule has 0 aromatic carbocycles. The van der Waals surface area contributed by atoms with Crippen molar-refractivity contribution in [1.29, 1.82) is 0 Å². The van der Waals surface area contributed by atoms with E-state index < -0.39 is 0 Å². The van der Waals surface area contributed by atoms with E-state index in [0.717, 1.165) is 37.7 Å². The zero-order chi connectivity index (χ0) is 17.3. The molecule has 0 aliphatic carbocycles. The van der Waals surface area contributed by atoms with Crippen molar-refractivity contribution in [2.45, 2.75) is 26.8 Å². The number of aromatic nitrogens is 3. The zero-order valence-corrected chi connectivity index (χ0v) is 14.8. The van der Waals surface area contributed by atoms with E-state index >= 15 is 0 Å². The smallest absolute Gasteiger partial charge is 0.272 e. The summed E-state index contributed by atoms with van der Waals surface area (Å²) in [5.41, 5.74) is 2.98. The maximum Gasteiger partial charge on any atom is 0.272 e. The highest BCUT2D eigenvalue weighted by Gasteiger charge is 2.22. The summed E-state index contributed by atoms with van der Waals surface area (Å²) in [7, 11) is 1.84. The summed E-state index contributed by atoms with van der Waals surface area (Å²) in [5.74, 6) is -0.0560. The van der Waals surface area contributed by atoms with Crippen LogP contribution in [0.4, 0.5) is 0 Å². The Labute approximate surface area is 142 Å². The Kier molecular flexibility index (Phi) is 4.82. The molecule has 1 atom stereocenters. The summed E-state index contributed by atoms with van der Waals surface area (Å²) in [5, 5.41) is 4.38. The molecule has 24 heavy (non-hydrogen) atoms. The van der Waals surface area contributed by atoms with Crippen LogP contribution in [0.2, 0.25) is 0 Å². The molecular weight excluding hydrogens is 306 g/mol. The van der Waals surface area contributed by atoms with E-state index in [2.05, 4.69) is 21.9 Å². The molecule has 1 aliphatic rings. The average molecular weight is 331 g/mol. The quantitative estimate of drug-likeness (QED) is 0.841. The van der Waals surface area contributed by atoms with E-state index in [1.807, 2.05) is 27.0 Å². The van der Waals surface area contributed by atoms with Gasteiger partial charge in [0.15, 0.2) is 5.65 Å². The van der Waals surface area contributed by atoms with Gasteiger partial charge in [-0.2, -0.15) is 5.10 Å². The van der Waals surface area contributed by atoms with Crippen molar-refractivity contribution < 1.29 is 9.53 Å². The molecule has 1 unspecified atom stereocenters. The number of likely N-dealkylation sites (N-methyl/N-ethyl adjacent to an activating group) is 1. The number of carbonyl (C=O) groups excluding carboxylic acids is 1. The first-order chi connectivity index (χ1) is 11.5. The number of fused-ring (bicyclic) bond motifs is 1. The van der Waals surface area contributed by atoms with Gasteiger partial charge in [0, 0.05) is 44.5 Å². The maximum absolute atomic E-state index is 12.8. The van der Waals surface area contributed by atoms with Crippen LogP contribution in [0.3, 0.4) is 0 Å². The molecule has 0 N–H and O–H groups in total. The van der Waals surface area contributed by atoms with E-state index in [-0.39, 0.29) is 5.91 Å². The number of nitrogens with zero attached hydrogens (tertiary/aromatic N) is 5. The molecule has 1 amide bonds. The lowest BCUT2D eigenvalue weighted by Gasteiger charge is -2.34. The molecule has 3 heterocycles. The summed E-state index contributed by atoms with van der Waals surface area (Å²) in [6, 6.07) is 3.99.